The highest BCUT2D eigenvalue weighted by atomic mass is 32.2. The van der Waals surface area contributed by atoms with Crippen LogP contribution in [0.5, 0.6) is 0 Å². The summed E-state index contributed by atoms with van der Waals surface area (Å²) in [6.07, 6.45) is 0. The predicted molar refractivity (Wildman–Crippen MR) is 52.5 cm³/mol. The first-order valence-corrected chi connectivity index (χ1v) is 5.53. The standard InChI is InChI=1S/C10H11NOS/c1-2-4-9-8(3-1)10-7(6-13-9)5-12-11-10/h1-4,7,10-11H,5-6H2/t7-,10-/m0/s1. The fraction of sp³-hybridized carbons (Fsp3) is 0.400. The van der Waals surface area contributed by atoms with E-state index >= 15 is 0 Å². The molecule has 2 nitrogen and oxygen atoms in total. The molecule has 0 amide bonds. The normalized spacial score (nSPS) is 31.1. The summed E-state index contributed by atoms with van der Waals surface area (Å²) in [5, 5.41) is 0. The lowest BCUT2D eigenvalue weighted by Gasteiger charge is -2.25. The molecule has 0 aromatic heterocycles. The van der Waals surface area contributed by atoms with E-state index in [2.05, 4.69) is 29.7 Å². The first-order chi connectivity index (χ1) is 6.45. The number of benzene rings is 1. The number of fused-ring (bicyclic) bond motifs is 3. The highest BCUT2D eigenvalue weighted by molar-refractivity contribution is 7.99. The maximum Gasteiger partial charge on any atom is 0.0737 e. The molecule has 1 aromatic rings. The lowest BCUT2D eigenvalue weighted by atomic mass is 9.96. The Bertz CT molecular complexity index is 328. The molecule has 2 atom stereocenters. The number of nitrogens with one attached hydrogen (secondary N) is 1. The predicted octanol–water partition coefficient (Wildman–Crippen LogP) is 1.98. The zero-order chi connectivity index (χ0) is 8.67. The van der Waals surface area contributed by atoms with Crippen LogP contribution in [0, 0.1) is 5.92 Å². The van der Waals surface area contributed by atoms with Gasteiger partial charge in [0, 0.05) is 16.6 Å². The summed E-state index contributed by atoms with van der Waals surface area (Å²) in [6, 6.07) is 9.01. The average Bonchev–Trinajstić information content (AvgIpc) is 2.65. The second kappa shape index (κ2) is 3.01. The molecule has 2 aliphatic rings. The first-order valence-electron chi connectivity index (χ1n) is 4.54. The Labute approximate surface area is 81.6 Å². The van der Waals surface area contributed by atoms with Gasteiger partial charge in [-0.2, -0.15) is 5.48 Å². The number of rotatable bonds is 0. The van der Waals surface area contributed by atoms with Gasteiger partial charge in [-0.05, 0) is 11.6 Å². The Morgan fingerprint density at radius 1 is 1.38 bits per heavy atom. The molecule has 0 bridgehead atoms. The molecule has 0 aliphatic carbocycles. The summed E-state index contributed by atoms with van der Waals surface area (Å²) in [6.45, 7) is 0.853. The summed E-state index contributed by atoms with van der Waals surface area (Å²) in [5.41, 5.74) is 4.51. The largest absolute Gasteiger partial charge is 0.301 e. The minimum Gasteiger partial charge on any atom is -0.301 e. The number of hydrogen-bond donors (Lipinski definition) is 1. The van der Waals surface area contributed by atoms with Crippen LogP contribution in [0.4, 0.5) is 0 Å². The zero-order valence-electron chi connectivity index (χ0n) is 7.19. The topological polar surface area (TPSA) is 21.3 Å². The van der Waals surface area contributed by atoms with E-state index in [-0.39, 0.29) is 0 Å². The molecule has 3 rings (SSSR count). The summed E-state index contributed by atoms with van der Waals surface area (Å²) in [7, 11) is 0. The van der Waals surface area contributed by atoms with E-state index in [1.165, 1.54) is 16.2 Å². The first kappa shape index (κ1) is 7.85. The van der Waals surface area contributed by atoms with Crippen molar-refractivity contribution in [3.63, 3.8) is 0 Å². The number of hydrogen-bond acceptors (Lipinski definition) is 3. The third-order valence-electron chi connectivity index (χ3n) is 2.69. The van der Waals surface area contributed by atoms with Crippen LogP contribution in [0.15, 0.2) is 29.2 Å². The molecule has 1 aromatic carbocycles. The monoisotopic (exact) mass is 193 g/mol. The van der Waals surface area contributed by atoms with Crippen molar-refractivity contribution < 1.29 is 4.84 Å². The van der Waals surface area contributed by atoms with E-state index in [9.17, 15) is 0 Å². The number of thioether (sulfide) groups is 1. The maximum absolute atomic E-state index is 5.29. The van der Waals surface area contributed by atoms with Gasteiger partial charge in [0.25, 0.3) is 0 Å². The smallest absolute Gasteiger partial charge is 0.0737 e. The average molecular weight is 193 g/mol. The molecule has 1 saturated heterocycles. The molecule has 1 N–H and O–H groups in total. The van der Waals surface area contributed by atoms with Crippen molar-refractivity contribution in [1.82, 2.24) is 5.48 Å². The number of hydroxylamine groups is 1. The lowest BCUT2D eigenvalue weighted by molar-refractivity contribution is 0.0864. The Morgan fingerprint density at radius 3 is 3.31 bits per heavy atom. The molecule has 2 aliphatic heterocycles. The van der Waals surface area contributed by atoms with Crippen molar-refractivity contribution in [3.8, 4) is 0 Å². The lowest BCUT2D eigenvalue weighted by Crippen LogP contribution is -2.22. The molecule has 1 fully saturated rings. The molecule has 0 radical (unpaired) electrons. The van der Waals surface area contributed by atoms with Crippen molar-refractivity contribution >= 4 is 11.8 Å². The Hall–Kier alpha value is -0.510. The summed E-state index contributed by atoms with van der Waals surface area (Å²) < 4.78 is 0. The fourth-order valence-corrected chi connectivity index (χ4v) is 3.18. The third-order valence-corrected chi connectivity index (χ3v) is 3.96. The summed E-state index contributed by atoms with van der Waals surface area (Å²) in [4.78, 5) is 6.69. The van der Waals surface area contributed by atoms with Gasteiger partial charge in [-0.1, -0.05) is 18.2 Å². The zero-order valence-corrected chi connectivity index (χ0v) is 8.01. The summed E-state index contributed by atoms with van der Waals surface area (Å²) in [5.74, 6) is 1.83. The van der Waals surface area contributed by atoms with Crippen molar-refractivity contribution in [2.45, 2.75) is 10.9 Å². The van der Waals surface area contributed by atoms with Gasteiger partial charge >= 0.3 is 0 Å². The highest BCUT2D eigenvalue weighted by Crippen LogP contribution is 2.41. The van der Waals surface area contributed by atoms with Crippen LogP contribution in [0.3, 0.4) is 0 Å². The van der Waals surface area contributed by atoms with Crippen LogP contribution in [0.1, 0.15) is 11.6 Å². The van der Waals surface area contributed by atoms with E-state index in [0.717, 1.165) is 6.61 Å². The minimum absolute atomic E-state index is 0.428. The van der Waals surface area contributed by atoms with Crippen LogP contribution < -0.4 is 5.48 Å². The Kier molecular flexibility index (Phi) is 1.82. The van der Waals surface area contributed by atoms with Gasteiger partial charge in [0.05, 0.1) is 12.6 Å². The molecular weight excluding hydrogens is 182 g/mol. The third kappa shape index (κ3) is 1.19. The van der Waals surface area contributed by atoms with Crippen LogP contribution in [0.25, 0.3) is 0 Å². The Balaban J connectivity index is 2.06. The molecule has 68 valence electrons. The van der Waals surface area contributed by atoms with Gasteiger partial charge in [0.15, 0.2) is 0 Å². The van der Waals surface area contributed by atoms with Gasteiger partial charge < -0.3 is 4.84 Å². The van der Waals surface area contributed by atoms with E-state index < -0.39 is 0 Å². The second-order valence-electron chi connectivity index (χ2n) is 3.52. The van der Waals surface area contributed by atoms with Gasteiger partial charge in [-0.15, -0.1) is 11.8 Å². The van der Waals surface area contributed by atoms with Crippen LogP contribution >= 0.6 is 11.8 Å². The SMILES string of the molecule is c1ccc2c(c1)SC[C@@H]1CON[C@H]21. The molecule has 2 heterocycles. The van der Waals surface area contributed by atoms with Crippen LogP contribution in [-0.4, -0.2) is 12.4 Å². The van der Waals surface area contributed by atoms with E-state index in [4.69, 9.17) is 4.84 Å². The molecule has 0 saturated carbocycles. The van der Waals surface area contributed by atoms with Crippen LogP contribution in [0.2, 0.25) is 0 Å². The molecular formula is C10H11NOS. The maximum atomic E-state index is 5.29. The molecule has 3 heteroatoms. The van der Waals surface area contributed by atoms with Gasteiger partial charge in [0.1, 0.15) is 0 Å². The van der Waals surface area contributed by atoms with Gasteiger partial charge in [-0.25, -0.2) is 0 Å². The molecule has 0 spiro atoms. The second-order valence-corrected chi connectivity index (χ2v) is 4.58. The van der Waals surface area contributed by atoms with Gasteiger partial charge in [-0.3, -0.25) is 0 Å². The quantitative estimate of drug-likeness (QED) is 0.680. The molecule has 0 unspecified atom stereocenters. The van der Waals surface area contributed by atoms with Crippen LogP contribution in [-0.2, 0) is 4.84 Å². The van der Waals surface area contributed by atoms with Crippen molar-refractivity contribution in [1.29, 1.82) is 0 Å². The summed E-state index contributed by atoms with van der Waals surface area (Å²) >= 11 is 1.95. The highest BCUT2D eigenvalue weighted by Gasteiger charge is 2.34. The van der Waals surface area contributed by atoms with E-state index in [1.54, 1.807) is 0 Å². The van der Waals surface area contributed by atoms with Crippen molar-refractivity contribution in [3.05, 3.63) is 29.8 Å². The van der Waals surface area contributed by atoms with E-state index in [1.807, 2.05) is 11.8 Å². The fourth-order valence-electron chi connectivity index (χ4n) is 1.96. The van der Waals surface area contributed by atoms with Crippen molar-refractivity contribution in [2.24, 2.45) is 5.92 Å². The Morgan fingerprint density at radius 2 is 2.31 bits per heavy atom. The van der Waals surface area contributed by atoms with E-state index in [0.29, 0.717) is 12.0 Å². The van der Waals surface area contributed by atoms with Gasteiger partial charge in [0.2, 0.25) is 0 Å². The van der Waals surface area contributed by atoms with Crippen molar-refractivity contribution in [2.75, 3.05) is 12.4 Å². The molecule has 13 heavy (non-hydrogen) atoms. The minimum atomic E-state index is 0.428.